The van der Waals surface area contributed by atoms with Crippen molar-refractivity contribution < 1.29 is 31.5 Å². The first-order valence-electron chi connectivity index (χ1n) is 5.84. The third-order valence-corrected chi connectivity index (χ3v) is 4.18. The highest BCUT2D eigenvalue weighted by atomic mass is 32.2. The fraction of sp³-hybridized carbons (Fsp3) is 0.455. The number of pyridine rings is 1. The molecular formula is C11H13F3N2O4S. The molecule has 0 fully saturated rings. The number of halogens is 3. The number of aromatic nitrogens is 1. The summed E-state index contributed by atoms with van der Waals surface area (Å²) in [4.78, 5) is 14.1. The number of sulfonamides is 1. The molecule has 0 radical (unpaired) electrons. The standard InChI is InChI=1S/C11H13F3N2O4S/c1-2-5-16(7-11(12,13)14)21(19,20)9-4-3-8(6-15-9)10(17)18/h3-4,6H,2,5,7H2,1H3,(H,17,18). The molecule has 1 heterocycles. The average molecular weight is 326 g/mol. The molecule has 118 valence electrons. The van der Waals surface area contributed by atoms with Gasteiger partial charge in [-0.2, -0.15) is 17.5 Å². The Bertz CT molecular complexity index is 599. The minimum absolute atomic E-state index is 0.197. The number of rotatable bonds is 6. The molecule has 0 saturated carbocycles. The van der Waals surface area contributed by atoms with Crippen LogP contribution in [0.2, 0.25) is 0 Å². The summed E-state index contributed by atoms with van der Waals surface area (Å²) in [7, 11) is -4.43. The largest absolute Gasteiger partial charge is 0.478 e. The van der Waals surface area contributed by atoms with Crippen molar-refractivity contribution in [2.45, 2.75) is 24.5 Å². The Balaban J connectivity index is 3.13. The second-order valence-electron chi connectivity index (χ2n) is 4.14. The second kappa shape index (κ2) is 6.39. The number of nitrogens with zero attached hydrogens (tertiary/aromatic N) is 2. The first-order valence-corrected chi connectivity index (χ1v) is 7.28. The van der Waals surface area contributed by atoms with Crippen LogP contribution in [0.3, 0.4) is 0 Å². The Morgan fingerprint density at radius 1 is 1.38 bits per heavy atom. The highest BCUT2D eigenvalue weighted by molar-refractivity contribution is 7.89. The molecule has 0 saturated heterocycles. The predicted molar refractivity (Wildman–Crippen MR) is 66.3 cm³/mol. The molecule has 0 unspecified atom stereocenters. The highest BCUT2D eigenvalue weighted by Crippen LogP contribution is 2.22. The summed E-state index contributed by atoms with van der Waals surface area (Å²) in [6.07, 6.45) is -3.70. The summed E-state index contributed by atoms with van der Waals surface area (Å²) in [6.45, 7) is -0.393. The van der Waals surface area contributed by atoms with Crippen LogP contribution >= 0.6 is 0 Å². The fourth-order valence-corrected chi connectivity index (χ4v) is 2.95. The van der Waals surface area contributed by atoms with Crippen LogP contribution in [0, 0.1) is 0 Å². The van der Waals surface area contributed by atoms with Gasteiger partial charge in [0.25, 0.3) is 10.0 Å². The van der Waals surface area contributed by atoms with Gasteiger partial charge in [-0.1, -0.05) is 6.92 Å². The van der Waals surface area contributed by atoms with E-state index in [0.717, 1.165) is 18.3 Å². The van der Waals surface area contributed by atoms with Crippen molar-refractivity contribution in [1.82, 2.24) is 9.29 Å². The van der Waals surface area contributed by atoms with E-state index >= 15 is 0 Å². The first kappa shape index (κ1) is 17.4. The van der Waals surface area contributed by atoms with E-state index in [-0.39, 0.29) is 22.8 Å². The van der Waals surface area contributed by atoms with Gasteiger partial charge in [0.05, 0.1) is 5.56 Å². The third-order valence-electron chi connectivity index (χ3n) is 2.42. The van der Waals surface area contributed by atoms with Crippen LogP contribution in [0.5, 0.6) is 0 Å². The molecule has 0 amide bonds. The van der Waals surface area contributed by atoms with E-state index < -0.39 is 33.7 Å². The van der Waals surface area contributed by atoms with E-state index in [9.17, 15) is 26.4 Å². The van der Waals surface area contributed by atoms with Crippen molar-refractivity contribution in [3.8, 4) is 0 Å². The quantitative estimate of drug-likeness (QED) is 0.860. The molecule has 0 atom stereocenters. The van der Waals surface area contributed by atoms with Gasteiger partial charge in [-0.15, -0.1) is 0 Å². The molecule has 1 N–H and O–H groups in total. The molecule has 21 heavy (non-hydrogen) atoms. The number of carboxylic acids is 1. The Morgan fingerprint density at radius 3 is 2.38 bits per heavy atom. The van der Waals surface area contributed by atoms with Gasteiger partial charge in [-0.05, 0) is 18.6 Å². The first-order chi connectivity index (χ1) is 9.58. The number of hydrogen-bond donors (Lipinski definition) is 1. The van der Waals surface area contributed by atoms with Crippen LogP contribution in [0.1, 0.15) is 23.7 Å². The summed E-state index contributed by atoms with van der Waals surface area (Å²) in [5, 5.41) is 8.06. The van der Waals surface area contributed by atoms with Crippen LogP contribution in [0.15, 0.2) is 23.4 Å². The summed E-state index contributed by atoms with van der Waals surface area (Å²) in [5.74, 6) is -1.31. The topological polar surface area (TPSA) is 87.6 Å². The lowest BCUT2D eigenvalue weighted by atomic mass is 10.3. The van der Waals surface area contributed by atoms with E-state index in [4.69, 9.17) is 5.11 Å². The van der Waals surface area contributed by atoms with Gasteiger partial charge in [0.2, 0.25) is 0 Å². The second-order valence-corrected chi connectivity index (χ2v) is 6.03. The maximum atomic E-state index is 12.4. The van der Waals surface area contributed by atoms with E-state index in [1.165, 1.54) is 0 Å². The van der Waals surface area contributed by atoms with E-state index in [1.54, 1.807) is 6.92 Å². The molecule has 0 aliphatic carbocycles. The van der Waals surface area contributed by atoms with Crippen molar-refractivity contribution in [2.75, 3.05) is 13.1 Å². The van der Waals surface area contributed by atoms with Crippen molar-refractivity contribution in [2.24, 2.45) is 0 Å². The maximum Gasteiger partial charge on any atom is 0.402 e. The summed E-state index contributed by atoms with van der Waals surface area (Å²) in [6, 6.07) is 1.84. The van der Waals surface area contributed by atoms with E-state index in [0.29, 0.717) is 0 Å². The van der Waals surface area contributed by atoms with Gasteiger partial charge < -0.3 is 5.11 Å². The van der Waals surface area contributed by atoms with Gasteiger partial charge in [0, 0.05) is 12.7 Å². The number of carboxylic acid groups (broad SMARTS) is 1. The fourth-order valence-electron chi connectivity index (χ4n) is 1.53. The molecule has 1 aromatic heterocycles. The lowest BCUT2D eigenvalue weighted by Crippen LogP contribution is -2.39. The molecule has 0 spiro atoms. The van der Waals surface area contributed by atoms with Gasteiger partial charge in [-0.25, -0.2) is 18.2 Å². The minimum atomic E-state index is -4.68. The lowest BCUT2D eigenvalue weighted by molar-refractivity contribution is -0.136. The zero-order valence-corrected chi connectivity index (χ0v) is 11.8. The molecule has 0 aliphatic rings. The van der Waals surface area contributed by atoms with Crippen molar-refractivity contribution >= 4 is 16.0 Å². The Hall–Kier alpha value is -1.68. The average Bonchev–Trinajstić information content (AvgIpc) is 2.36. The maximum absolute atomic E-state index is 12.4. The monoisotopic (exact) mass is 326 g/mol. The van der Waals surface area contributed by atoms with Crippen molar-refractivity contribution in [3.05, 3.63) is 23.9 Å². The summed E-state index contributed by atoms with van der Waals surface area (Å²) >= 11 is 0. The van der Waals surface area contributed by atoms with Gasteiger partial charge in [0.15, 0.2) is 5.03 Å². The van der Waals surface area contributed by atoms with Crippen LogP contribution in [-0.4, -0.2) is 48.0 Å². The molecular weight excluding hydrogens is 313 g/mol. The summed E-state index contributed by atoms with van der Waals surface area (Å²) < 4.78 is 61.8. The molecule has 6 nitrogen and oxygen atoms in total. The zero-order valence-electron chi connectivity index (χ0n) is 11.0. The third kappa shape index (κ3) is 4.67. The normalized spacial score (nSPS) is 12.6. The molecule has 1 rings (SSSR count). The van der Waals surface area contributed by atoms with E-state index in [1.807, 2.05) is 0 Å². The molecule has 0 aromatic carbocycles. The molecule has 0 bridgehead atoms. The van der Waals surface area contributed by atoms with E-state index in [2.05, 4.69) is 4.98 Å². The Labute approximate surface area is 119 Å². The highest BCUT2D eigenvalue weighted by Gasteiger charge is 2.37. The van der Waals surface area contributed by atoms with Crippen molar-refractivity contribution in [1.29, 1.82) is 0 Å². The van der Waals surface area contributed by atoms with Crippen molar-refractivity contribution in [3.63, 3.8) is 0 Å². The SMILES string of the molecule is CCCN(CC(F)(F)F)S(=O)(=O)c1ccc(C(=O)O)cn1. The zero-order chi connectivity index (χ0) is 16.3. The Kier molecular flexibility index (Phi) is 5.29. The van der Waals surface area contributed by atoms with Gasteiger partial charge in [0.1, 0.15) is 6.54 Å². The van der Waals surface area contributed by atoms with Crippen LogP contribution in [-0.2, 0) is 10.0 Å². The van der Waals surface area contributed by atoms with Crippen LogP contribution in [0.4, 0.5) is 13.2 Å². The lowest BCUT2D eigenvalue weighted by Gasteiger charge is -2.22. The molecule has 0 aliphatic heterocycles. The summed E-state index contributed by atoms with van der Waals surface area (Å²) in [5.41, 5.74) is -0.258. The molecule has 1 aromatic rings. The predicted octanol–water partition coefficient (Wildman–Crippen LogP) is 1.74. The van der Waals surface area contributed by atoms with Crippen LogP contribution in [0.25, 0.3) is 0 Å². The number of carbonyl (C=O) groups is 1. The smallest absolute Gasteiger partial charge is 0.402 e. The molecule has 10 heteroatoms. The number of aromatic carboxylic acids is 1. The number of alkyl halides is 3. The van der Waals surface area contributed by atoms with Crippen LogP contribution < -0.4 is 0 Å². The van der Waals surface area contributed by atoms with Gasteiger partial charge >= 0.3 is 12.1 Å². The minimum Gasteiger partial charge on any atom is -0.478 e. The number of hydrogen-bond acceptors (Lipinski definition) is 4. The van der Waals surface area contributed by atoms with Gasteiger partial charge in [-0.3, -0.25) is 0 Å². The Morgan fingerprint density at radius 2 is 2.00 bits per heavy atom.